The third kappa shape index (κ3) is 6.14. The zero-order valence-corrected chi connectivity index (χ0v) is 30.5. The number of benzene rings is 7. The fourth-order valence-electron chi connectivity index (χ4n) is 7.69. The van der Waals surface area contributed by atoms with Crippen LogP contribution < -0.4 is 16.4 Å². The Kier molecular flexibility index (Phi) is 8.15. The lowest BCUT2D eigenvalue weighted by Gasteiger charge is -2.23. The van der Waals surface area contributed by atoms with Gasteiger partial charge in [-0.3, -0.25) is 0 Å². The molecule has 7 aromatic carbocycles. The van der Waals surface area contributed by atoms with E-state index in [-0.39, 0.29) is 17.5 Å². The Hall–Kier alpha value is -5.47. The summed E-state index contributed by atoms with van der Waals surface area (Å²) in [5.74, 6) is 0. The van der Waals surface area contributed by atoms with Crippen molar-refractivity contribution in [2.24, 2.45) is 0 Å². The summed E-state index contributed by atoms with van der Waals surface area (Å²) in [4.78, 5) is 5.19. The van der Waals surface area contributed by atoms with E-state index in [0.29, 0.717) is 0 Å². The van der Waals surface area contributed by atoms with Gasteiger partial charge in [0.1, 0.15) is 0 Å². The van der Waals surface area contributed by atoms with Crippen LogP contribution in [0, 0.1) is 0 Å². The number of nitrogens with zero attached hydrogens (tertiary/aromatic N) is 1. The maximum absolute atomic E-state index is 5.19. The van der Waals surface area contributed by atoms with Crippen molar-refractivity contribution >= 4 is 55.5 Å². The van der Waals surface area contributed by atoms with Gasteiger partial charge in [0, 0.05) is 21.7 Å². The molecule has 8 aromatic rings. The SMILES string of the molecule is CC(C)(C)c1ccc(B(c2ccc(C(C)(C)C)cc2)c2cccc(-c3cccc4c3ccc3c(-c5ccccc5)nc5ccccc5c34)c2)cc1. The highest BCUT2D eigenvalue weighted by atomic mass is 14.7. The van der Waals surface area contributed by atoms with Crippen LogP contribution >= 0.6 is 0 Å². The topological polar surface area (TPSA) is 12.9 Å². The van der Waals surface area contributed by atoms with Gasteiger partial charge in [-0.25, -0.2) is 4.98 Å². The molecule has 248 valence electrons. The van der Waals surface area contributed by atoms with Crippen molar-refractivity contribution in [3.63, 3.8) is 0 Å². The summed E-state index contributed by atoms with van der Waals surface area (Å²) in [6.07, 6.45) is 0. The van der Waals surface area contributed by atoms with Crippen LogP contribution in [0.25, 0.3) is 54.8 Å². The van der Waals surface area contributed by atoms with Crippen LogP contribution in [0.3, 0.4) is 0 Å². The molecule has 0 bridgehead atoms. The number of rotatable bonds is 5. The van der Waals surface area contributed by atoms with Crippen molar-refractivity contribution in [2.75, 3.05) is 0 Å². The standard InChI is InChI=1S/C49H44BN/c1-48(2,3)35-22-26-37(27-23-35)50(38-28-24-36(25-29-38)49(4,5)6)39-17-12-16-34(32-39)40-19-13-20-42-41(40)30-31-44-46(42)43-18-10-11-21-45(43)51-47(44)33-14-8-7-9-15-33/h7-32H,1-6H3. The van der Waals surface area contributed by atoms with Gasteiger partial charge >= 0.3 is 0 Å². The second kappa shape index (κ2) is 12.7. The molecule has 0 fully saturated rings. The lowest BCUT2D eigenvalue weighted by Crippen LogP contribution is -2.52. The second-order valence-electron chi connectivity index (χ2n) is 16.0. The molecular formula is C49H44BN. The molecule has 0 unspecified atom stereocenters. The minimum Gasteiger partial charge on any atom is -0.247 e. The van der Waals surface area contributed by atoms with Gasteiger partial charge in [-0.1, -0.05) is 210 Å². The molecular weight excluding hydrogens is 613 g/mol. The number of hydrogen-bond donors (Lipinski definition) is 0. The predicted molar refractivity (Wildman–Crippen MR) is 223 cm³/mol. The highest BCUT2D eigenvalue weighted by Gasteiger charge is 2.25. The van der Waals surface area contributed by atoms with Crippen LogP contribution in [-0.2, 0) is 10.8 Å². The number of fused-ring (bicyclic) bond motifs is 5. The van der Waals surface area contributed by atoms with Crippen LogP contribution in [0.4, 0.5) is 0 Å². The quantitative estimate of drug-likeness (QED) is 0.133. The monoisotopic (exact) mass is 657 g/mol. The minimum atomic E-state index is 0.101. The molecule has 0 radical (unpaired) electrons. The van der Waals surface area contributed by atoms with Gasteiger partial charge in [-0.05, 0) is 49.9 Å². The van der Waals surface area contributed by atoms with Gasteiger partial charge in [0.05, 0.1) is 11.2 Å². The summed E-state index contributed by atoms with van der Waals surface area (Å²) in [7, 11) is 0. The average molecular weight is 658 g/mol. The van der Waals surface area contributed by atoms with Gasteiger partial charge in [-0.2, -0.15) is 0 Å². The van der Waals surface area contributed by atoms with E-state index in [4.69, 9.17) is 4.98 Å². The van der Waals surface area contributed by atoms with E-state index in [0.717, 1.165) is 16.8 Å². The highest BCUT2D eigenvalue weighted by Crippen LogP contribution is 2.39. The van der Waals surface area contributed by atoms with Crippen molar-refractivity contribution in [3.05, 3.63) is 169 Å². The Morgan fingerprint density at radius 1 is 0.412 bits per heavy atom. The molecule has 51 heavy (non-hydrogen) atoms. The Morgan fingerprint density at radius 3 is 1.61 bits per heavy atom. The van der Waals surface area contributed by atoms with E-state index in [1.165, 1.54) is 65.6 Å². The van der Waals surface area contributed by atoms with E-state index in [9.17, 15) is 0 Å². The van der Waals surface area contributed by atoms with Gasteiger partial charge in [0.25, 0.3) is 0 Å². The normalized spacial score (nSPS) is 12.1. The molecule has 0 amide bonds. The molecule has 0 aliphatic carbocycles. The minimum absolute atomic E-state index is 0.101. The van der Waals surface area contributed by atoms with Gasteiger partial charge in [-0.15, -0.1) is 0 Å². The molecule has 8 rings (SSSR count). The van der Waals surface area contributed by atoms with Crippen molar-refractivity contribution in [3.8, 4) is 22.4 Å². The van der Waals surface area contributed by atoms with Crippen molar-refractivity contribution in [1.82, 2.24) is 4.98 Å². The van der Waals surface area contributed by atoms with Gasteiger partial charge in [0.2, 0.25) is 6.71 Å². The first-order valence-corrected chi connectivity index (χ1v) is 18.2. The number of hydrogen-bond acceptors (Lipinski definition) is 1. The molecule has 0 atom stereocenters. The summed E-state index contributed by atoms with van der Waals surface area (Å²) >= 11 is 0. The van der Waals surface area contributed by atoms with E-state index >= 15 is 0 Å². The third-order valence-electron chi connectivity index (χ3n) is 10.5. The first-order chi connectivity index (χ1) is 24.6. The Morgan fingerprint density at radius 2 is 0.961 bits per heavy atom. The number of pyridine rings is 1. The van der Waals surface area contributed by atoms with E-state index in [1.807, 2.05) is 0 Å². The predicted octanol–water partition coefficient (Wildman–Crippen LogP) is 11.0. The maximum atomic E-state index is 5.19. The van der Waals surface area contributed by atoms with Crippen LogP contribution in [-0.4, -0.2) is 11.7 Å². The second-order valence-corrected chi connectivity index (χ2v) is 16.0. The van der Waals surface area contributed by atoms with Crippen LogP contribution in [0.5, 0.6) is 0 Å². The molecule has 1 aromatic heterocycles. The molecule has 0 spiro atoms. The van der Waals surface area contributed by atoms with Gasteiger partial charge in [0.15, 0.2) is 0 Å². The summed E-state index contributed by atoms with van der Waals surface area (Å²) < 4.78 is 0. The first-order valence-electron chi connectivity index (χ1n) is 18.2. The fourth-order valence-corrected chi connectivity index (χ4v) is 7.69. The first kappa shape index (κ1) is 32.7. The molecule has 1 heterocycles. The maximum Gasteiger partial charge on any atom is 0.241 e. The van der Waals surface area contributed by atoms with Crippen LogP contribution in [0.15, 0.2) is 158 Å². The summed E-state index contributed by atoms with van der Waals surface area (Å²) in [6, 6.07) is 58.3. The largest absolute Gasteiger partial charge is 0.247 e. The Bertz CT molecular complexity index is 2460. The number of para-hydroxylation sites is 1. The summed E-state index contributed by atoms with van der Waals surface area (Å²) in [6.45, 7) is 13.8. The Labute approximate surface area is 303 Å². The lowest BCUT2D eigenvalue weighted by atomic mass is 9.36. The van der Waals surface area contributed by atoms with Crippen molar-refractivity contribution in [1.29, 1.82) is 0 Å². The average Bonchev–Trinajstić information content (AvgIpc) is 3.14. The summed E-state index contributed by atoms with van der Waals surface area (Å²) in [5, 5.41) is 6.11. The molecule has 0 aliphatic rings. The third-order valence-corrected chi connectivity index (χ3v) is 10.5. The van der Waals surface area contributed by atoms with E-state index in [2.05, 4.69) is 199 Å². The lowest BCUT2D eigenvalue weighted by molar-refractivity contribution is 0.590. The number of aromatic nitrogens is 1. The molecule has 0 saturated heterocycles. The van der Waals surface area contributed by atoms with Crippen molar-refractivity contribution in [2.45, 2.75) is 52.4 Å². The summed E-state index contributed by atoms with van der Waals surface area (Å²) in [5.41, 5.74) is 12.4. The molecule has 0 N–H and O–H groups in total. The van der Waals surface area contributed by atoms with Crippen LogP contribution in [0.1, 0.15) is 52.7 Å². The molecule has 0 saturated carbocycles. The zero-order valence-electron chi connectivity index (χ0n) is 30.5. The van der Waals surface area contributed by atoms with Crippen LogP contribution in [0.2, 0.25) is 0 Å². The van der Waals surface area contributed by atoms with E-state index in [1.54, 1.807) is 0 Å². The van der Waals surface area contributed by atoms with E-state index < -0.39 is 0 Å². The smallest absolute Gasteiger partial charge is 0.241 e. The van der Waals surface area contributed by atoms with Gasteiger partial charge < -0.3 is 0 Å². The molecule has 1 nitrogen and oxygen atoms in total. The molecule has 2 heteroatoms. The van der Waals surface area contributed by atoms with Crippen molar-refractivity contribution < 1.29 is 0 Å². The zero-order chi connectivity index (χ0) is 35.3. The Balaban J connectivity index is 1.31. The highest BCUT2D eigenvalue weighted by molar-refractivity contribution is 6.95. The fraction of sp³-hybridized carbons (Fsp3) is 0.163. The molecule has 0 aliphatic heterocycles.